The van der Waals surface area contributed by atoms with Gasteiger partial charge in [0.05, 0.1) is 6.54 Å². The van der Waals surface area contributed by atoms with Crippen LogP contribution in [0.5, 0.6) is 0 Å². The van der Waals surface area contributed by atoms with Crippen LogP contribution in [0.4, 0.5) is 5.69 Å². The summed E-state index contributed by atoms with van der Waals surface area (Å²) in [4.78, 5) is 21.5. The second-order valence-electron chi connectivity index (χ2n) is 7.37. The van der Waals surface area contributed by atoms with E-state index in [0.717, 1.165) is 22.7 Å². The van der Waals surface area contributed by atoms with E-state index in [1.54, 1.807) is 7.11 Å². The molecule has 0 N–H and O–H groups in total. The number of carbonyl (C=O) groups excluding carboxylic acids is 1. The fourth-order valence-corrected chi connectivity index (χ4v) is 3.61. The van der Waals surface area contributed by atoms with Gasteiger partial charge in [0.2, 0.25) is 5.89 Å². The molecule has 1 aromatic heterocycles. The van der Waals surface area contributed by atoms with Crippen LogP contribution >= 0.6 is 0 Å². The van der Waals surface area contributed by atoms with Crippen LogP contribution < -0.4 is 4.90 Å². The molecule has 150 valence electrons. The van der Waals surface area contributed by atoms with E-state index in [1.165, 1.54) is 0 Å². The van der Waals surface area contributed by atoms with Gasteiger partial charge in [-0.1, -0.05) is 36.4 Å². The number of amides is 1. The van der Waals surface area contributed by atoms with E-state index in [1.807, 2.05) is 78.5 Å². The number of nitrogens with zero attached hydrogens (tertiary/aromatic N) is 3. The second kappa shape index (κ2) is 8.09. The van der Waals surface area contributed by atoms with Crippen molar-refractivity contribution in [1.82, 2.24) is 9.88 Å². The van der Waals surface area contributed by atoms with Crippen LogP contribution in [0.3, 0.4) is 0 Å². The standard InChI is InChI=1S/C23H25N3O3/c1-25(2)18-11-7-10-17(14-18)23(27)26-13-12-20-19(15-26)24-22(29-20)21(28-3)16-8-5-4-6-9-16/h4-11,14,21H,12-13,15H2,1-3H3. The zero-order valence-electron chi connectivity index (χ0n) is 17.0. The summed E-state index contributed by atoms with van der Waals surface area (Å²) in [7, 11) is 5.58. The zero-order chi connectivity index (χ0) is 20.4. The van der Waals surface area contributed by atoms with Gasteiger partial charge in [-0.05, 0) is 23.8 Å². The molecule has 2 heterocycles. The van der Waals surface area contributed by atoms with E-state index < -0.39 is 0 Å². The molecule has 1 aliphatic heterocycles. The maximum absolute atomic E-state index is 13.0. The second-order valence-corrected chi connectivity index (χ2v) is 7.37. The molecule has 4 rings (SSSR count). The molecule has 0 fully saturated rings. The van der Waals surface area contributed by atoms with Gasteiger partial charge >= 0.3 is 0 Å². The lowest BCUT2D eigenvalue weighted by Gasteiger charge is -2.25. The molecule has 0 spiro atoms. The molecule has 0 aliphatic carbocycles. The van der Waals surface area contributed by atoms with Crippen molar-refractivity contribution in [1.29, 1.82) is 0 Å². The number of fused-ring (bicyclic) bond motifs is 1. The fraction of sp³-hybridized carbons (Fsp3) is 0.304. The Bertz CT molecular complexity index is 998. The number of rotatable bonds is 5. The smallest absolute Gasteiger partial charge is 0.254 e. The van der Waals surface area contributed by atoms with Gasteiger partial charge < -0.3 is 19.0 Å². The summed E-state index contributed by atoms with van der Waals surface area (Å²) >= 11 is 0. The van der Waals surface area contributed by atoms with E-state index in [0.29, 0.717) is 31.0 Å². The summed E-state index contributed by atoms with van der Waals surface area (Å²) in [6, 6.07) is 17.6. The Hall–Kier alpha value is -3.12. The number of anilines is 1. The van der Waals surface area contributed by atoms with Crippen molar-refractivity contribution in [2.45, 2.75) is 19.1 Å². The normalized spacial score (nSPS) is 14.4. The minimum Gasteiger partial charge on any atom is -0.442 e. The molecule has 1 amide bonds. The Morgan fingerprint density at radius 2 is 1.97 bits per heavy atom. The molecule has 1 aliphatic rings. The number of aromatic nitrogens is 1. The predicted molar refractivity (Wildman–Crippen MR) is 111 cm³/mol. The van der Waals surface area contributed by atoms with Gasteiger partial charge in [-0.3, -0.25) is 4.79 Å². The highest BCUT2D eigenvalue weighted by Crippen LogP contribution is 2.29. The quantitative estimate of drug-likeness (QED) is 0.664. The van der Waals surface area contributed by atoms with E-state index in [9.17, 15) is 4.79 Å². The minimum atomic E-state index is -0.359. The van der Waals surface area contributed by atoms with E-state index >= 15 is 0 Å². The number of hydrogen-bond donors (Lipinski definition) is 0. The van der Waals surface area contributed by atoms with Gasteiger partial charge in [0.25, 0.3) is 5.91 Å². The topological polar surface area (TPSA) is 58.8 Å². The third kappa shape index (κ3) is 3.89. The average molecular weight is 391 g/mol. The van der Waals surface area contributed by atoms with Gasteiger partial charge in [0.1, 0.15) is 11.5 Å². The highest BCUT2D eigenvalue weighted by molar-refractivity contribution is 5.95. The van der Waals surface area contributed by atoms with Crippen molar-refractivity contribution in [2.75, 3.05) is 32.6 Å². The Kier molecular flexibility index (Phi) is 5.36. The van der Waals surface area contributed by atoms with E-state index in [2.05, 4.69) is 4.98 Å². The van der Waals surface area contributed by atoms with Crippen LogP contribution in [0.2, 0.25) is 0 Å². The van der Waals surface area contributed by atoms with Crippen LogP contribution in [0, 0.1) is 0 Å². The lowest BCUT2D eigenvalue weighted by atomic mass is 10.1. The average Bonchev–Trinajstić information content (AvgIpc) is 3.17. The van der Waals surface area contributed by atoms with Crippen LogP contribution in [-0.2, 0) is 17.7 Å². The Labute approximate surface area is 170 Å². The van der Waals surface area contributed by atoms with Gasteiger partial charge in [-0.25, -0.2) is 4.98 Å². The van der Waals surface area contributed by atoms with Crippen molar-refractivity contribution in [3.8, 4) is 0 Å². The van der Waals surface area contributed by atoms with Crippen molar-refractivity contribution < 1.29 is 13.9 Å². The van der Waals surface area contributed by atoms with Gasteiger partial charge in [0.15, 0.2) is 6.10 Å². The summed E-state index contributed by atoms with van der Waals surface area (Å²) in [5.74, 6) is 1.38. The van der Waals surface area contributed by atoms with Crippen molar-refractivity contribution in [3.63, 3.8) is 0 Å². The van der Waals surface area contributed by atoms with Crippen LogP contribution in [0.1, 0.15) is 39.4 Å². The number of ether oxygens (including phenoxy) is 1. The van der Waals surface area contributed by atoms with Crippen molar-refractivity contribution in [2.24, 2.45) is 0 Å². The first-order valence-electron chi connectivity index (χ1n) is 9.69. The van der Waals surface area contributed by atoms with Crippen molar-refractivity contribution in [3.05, 3.63) is 83.1 Å². The highest BCUT2D eigenvalue weighted by atomic mass is 16.5. The van der Waals surface area contributed by atoms with Crippen LogP contribution in [0.15, 0.2) is 59.0 Å². The SMILES string of the molecule is COC(c1ccccc1)c1nc2c(o1)CCN(C(=O)c1cccc(N(C)C)c1)C2. The number of hydrogen-bond acceptors (Lipinski definition) is 5. The van der Waals surface area contributed by atoms with Crippen LogP contribution in [0.25, 0.3) is 0 Å². The molecule has 0 saturated carbocycles. The summed E-state index contributed by atoms with van der Waals surface area (Å²) in [5, 5.41) is 0. The first kappa shape index (κ1) is 19.2. The third-order valence-corrected chi connectivity index (χ3v) is 5.20. The molecular formula is C23H25N3O3. The summed E-state index contributed by atoms with van der Waals surface area (Å²) in [5.41, 5.74) is 3.48. The van der Waals surface area contributed by atoms with Gasteiger partial charge in [-0.15, -0.1) is 0 Å². The maximum Gasteiger partial charge on any atom is 0.254 e. The number of oxazole rings is 1. The van der Waals surface area contributed by atoms with Crippen molar-refractivity contribution >= 4 is 11.6 Å². The van der Waals surface area contributed by atoms with Gasteiger partial charge in [-0.2, -0.15) is 0 Å². The van der Waals surface area contributed by atoms with Crippen LogP contribution in [-0.4, -0.2) is 43.5 Å². The summed E-state index contributed by atoms with van der Waals surface area (Å²) in [6.45, 7) is 1.05. The highest BCUT2D eigenvalue weighted by Gasteiger charge is 2.29. The molecule has 0 bridgehead atoms. The Balaban J connectivity index is 1.55. The first-order valence-corrected chi connectivity index (χ1v) is 9.69. The lowest BCUT2D eigenvalue weighted by molar-refractivity contribution is 0.0727. The molecule has 6 heteroatoms. The Morgan fingerprint density at radius 3 is 2.69 bits per heavy atom. The number of carbonyl (C=O) groups is 1. The molecule has 1 atom stereocenters. The number of methoxy groups -OCH3 is 1. The minimum absolute atomic E-state index is 0.00949. The van der Waals surface area contributed by atoms with E-state index in [-0.39, 0.29) is 12.0 Å². The molecule has 0 saturated heterocycles. The molecule has 6 nitrogen and oxygen atoms in total. The molecule has 3 aromatic rings. The molecule has 0 radical (unpaired) electrons. The summed E-state index contributed by atoms with van der Waals surface area (Å²) < 4.78 is 11.7. The lowest BCUT2D eigenvalue weighted by Crippen LogP contribution is -2.35. The maximum atomic E-state index is 13.0. The fourth-order valence-electron chi connectivity index (χ4n) is 3.61. The largest absolute Gasteiger partial charge is 0.442 e. The zero-order valence-corrected chi connectivity index (χ0v) is 17.0. The molecule has 1 unspecified atom stereocenters. The summed E-state index contributed by atoms with van der Waals surface area (Å²) in [6.07, 6.45) is 0.287. The number of benzene rings is 2. The Morgan fingerprint density at radius 1 is 1.17 bits per heavy atom. The predicted octanol–water partition coefficient (Wildman–Crippen LogP) is 3.67. The first-order chi connectivity index (χ1) is 14.1. The van der Waals surface area contributed by atoms with Gasteiger partial charge in [0, 0.05) is 45.4 Å². The molecular weight excluding hydrogens is 366 g/mol. The monoisotopic (exact) mass is 391 g/mol. The molecule has 2 aromatic carbocycles. The molecule has 29 heavy (non-hydrogen) atoms. The van der Waals surface area contributed by atoms with E-state index in [4.69, 9.17) is 9.15 Å². The third-order valence-electron chi connectivity index (χ3n) is 5.20.